The Kier molecular flexibility index (Phi) is 6.86. The number of amides is 2. The van der Waals surface area contributed by atoms with Crippen LogP contribution < -0.4 is 5.32 Å². The molecule has 1 atom stereocenters. The predicted octanol–water partition coefficient (Wildman–Crippen LogP) is 2.88. The monoisotopic (exact) mass is 437 g/mol. The highest BCUT2D eigenvalue weighted by Gasteiger charge is 2.23. The Morgan fingerprint density at radius 2 is 2.06 bits per heavy atom. The molecule has 3 aromatic rings. The number of pyridine rings is 1. The number of benzene rings is 1. The first-order valence-corrected chi connectivity index (χ1v) is 10.5. The molecule has 1 aromatic carbocycles. The minimum Gasteiger partial charge on any atom is -0.376 e. The van der Waals surface area contributed by atoms with Crippen LogP contribution >= 0.6 is 0 Å². The van der Waals surface area contributed by atoms with Gasteiger partial charge >= 0.3 is 0 Å². The third kappa shape index (κ3) is 5.55. The van der Waals surface area contributed by atoms with E-state index in [2.05, 4.69) is 15.4 Å². The molecule has 0 spiro atoms. The van der Waals surface area contributed by atoms with Crippen molar-refractivity contribution in [3.05, 3.63) is 78.1 Å². The van der Waals surface area contributed by atoms with Gasteiger partial charge in [0, 0.05) is 25.5 Å². The molecule has 0 aliphatic carbocycles. The second-order valence-corrected chi connectivity index (χ2v) is 7.59. The standard InChI is InChI=1S/C23H24FN5O3/c24-21-9-2-1-8-20(21)23(31)27-18-12-26-29(14-18)16-22(30)28(15-19-7-5-11-32-19)13-17-6-3-4-10-25-17/h1-4,6,8-10,12,14,19H,5,7,11,13,15-16H2,(H,27,31)/t19-/m1/s1. The summed E-state index contributed by atoms with van der Waals surface area (Å²) in [7, 11) is 0. The number of rotatable bonds is 8. The van der Waals surface area contributed by atoms with E-state index in [9.17, 15) is 14.0 Å². The van der Waals surface area contributed by atoms with Gasteiger partial charge in [0.15, 0.2) is 0 Å². The molecular weight excluding hydrogens is 413 g/mol. The number of hydrogen-bond acceptors (Lipinski definition) is 5. The van der Waals surface area contributed by atoms with E-state index in [1.54, 1.807) is 23.4 Å². The first-order chi connectivity index (χ1) is 15.6. The number of ether oxygens (including phenoxy) is 1. The lowest BCUT2D eigenvalue weighted by Crippen LogP contribution is -2.39. The van der Waals surface area contributed by atoms with Gasteiger partial charge in [0.25, 0.3) is 5.91 Å². The van der Waals surface area contributed by atoms with E-state index in [-0.39, 0.29) is 24.1 Å². The first kappa shape index (κ1) is 21.6. The fourth-order valence-corrected chi connectivity index (χ4v) is 3.57. The number of carbonyl (C=O) groups is 2. The molecule has 9 heteroatoms. The van der Waals surface area contributed by atoms with Gasteiger partial charge in [0.2, 0.25) is 5.91 Å². The number of aromatic nitrogens is 3. The van der Waals surface area contributed by atoms with Crippen molar-refractivity contribution in [2.45, 2.75) is 32.0 Å². The normalized spacial score (nSPS) is 15.5. The summed E-state index contributed by atoms with van der Waals surface area (Å²) in [5, 5.41) is 6.76. The number of halogens is 1. The van der Waals surface area contributed by atoms with E-state index in [1.807, 2.05) is 18.2 Å². The number of anilines is 1. The maximum absolute atomic E-state index is 13.8. The van der Waals surface area contributed by atoms with E-state index in [4.69, 9.17) is 4.74 Å². The van der Waals surface area contributed by atoms with Crippen molar-refractivity contribution in [2.24, 2.45) is 0 Å². The highest BCUT2D eigenvalue weighted by Crippen LogP contribution is 2.16. The summed E-state index contributed by atoms with van der Waals surface area (Å²) in [6, 6.07) is 11.3. The number of carbonyl (C=O) groups excluding carboxylic acids is 2. The molecule has 166 valence electrons. The smallest absolute Gasteiger partial charge is 0.258 e. The summed E-state index contributed by atoms with van der Waals surface area (Å²) in [4.78, 5) is 31.4. The molecule has 8 nitrogen and oxygen atoms in total. The molecule has 1 saturated heterocycles. The van der Waals surface area contributed by atoms with Crippen LogP contribution in [-0.4, -0.2) is 50.7 Å². The number of nitrogens with one attached hydrogen (secondary N) is 1. The highest BCUT2D eigenvalue weighted by atomic mass is 19.1. The Morgan fingerprint density at radius 3 is 2.81 bits per heavy atom. The number of hydrogen-bond donors (Lipinski definition) is 1. The van der Waals surface area contributed by atoms with E-state index in [0.29, 0.717) is 25.4 Å². The van der Waals surface area contributed by atoms with Gasteiger partial charge < -0.3 is 15.0 Å². The minimum atomic E-state index is -0.605. The molecule has 2 amide bonds. The molecule has 0 bridgehead atoms. The summed E-state index contributed by atoms with van der Waals surface area (Å²) in [5.41, 5.74) is 1.10. The van der Waals surface area contributed by atoms with Gasteiger partial charge in [0.1, 0.15) is 12.4 Å². The highest BCUT2D eigenvalue weighted by molar-refractivity contribution is 6.04. The zero-order valence-electron chi connectivity index (χ0n) is 17.5. The van der Waals surface area contributed by atoms with Crippen molar-refractivity contribution < 1.29 is 18.7 Å². The lowest BCUT2D eigenvalue weighted by Gasteiger charge is -2.25. The Labute approximate surface area is 185 Å². The van der Waals surface area contributed by atoms with Crippen molar-refractivity contribution in [3.63, 3.8) is 0 Å². The molecule has 2 aromatic heterocycles. The van der Waals surface area contributed by atoms with E-state index in [0.717, 1.165) is 18.5 Å². The van der Waals surface area contributed by atoms with Crippen LogP contribution in [0.1, 0.15) is 28.9 Å². The van der Waals surface area contributed by atoms with Crippen LogP contribution in [0.25, 0.3) is 0 Å². The molecule has 32 heavy (non-hydrogen) atoms. The topological polar surface area (TPSA) is 89.4 Å². The van der Waals surface area contributed by atoms with Gasteiger partial charge in [-0.05, 0) is 37.1 Å². The minimum absolute atomic E-state index is 0.00484. The van der Waals surface area contributed by atoms with Gasteiger partial charge in [-0.3, -0.25) is 19.3 Å². The van der Waals surface area contributed by atoms with Crippen molar-refractivity contribution in [3.8, 4) is 0 Å². The first-order valence-electron chi connectivity index (χ1n) is 10.5. The van der Waals surface area contributed by atoms with Crippen LogP contribution in [0.15, 0.2) is 61.1 Å². The third-order valence-corrected chi connectivity index (χ3v) is 5.19. The lowest BCUT2D eigenvalue weighted by molar-refractivity contribution is -0.134. The second kappa shape index (κ2) is 10.1. The molecule has 0 radical (unpaired) electrons. The largest absolute Gasteiger partial charge is 0.376 e. The second-order valence-electron chi connectivity index (χ2n) is 7.59. The zero-order valence-corrected chi connectivity index (χ0v) is 17.5. The van der Waals surface area contributed by atoms with Crippen molar-refractivity contribution in [1.29, 1.82) is 0 Å². The van der Waals surface area contributed by atoms with Crippen molar-refractivity contribution in [2.75, 3.05) is 18.5 Å². The average Bonchev–Trinajstić information content (AvgIpc) is 3.46. The van der Waals surface area contributed by atoms with Gasteiger partial charge in [-0.25, -0.2) is 4.39 Å². The Bertz CT molecular complexity index is 1070. The van der Waals surface area contributed by atoms with Gasteiger partial charge in [-0.15, -0.1) is 0 Å². The fraction of sp³-hybridized carbons (Fsp3) is 0.304. The van der Waals surface area contributed by atoms with E-state index in [1.165, 1.54) is 29.1 Å². The molecule has 0 unspecified atom stereocenters. The summed E-state index contributed by atoms with van der Waals surface area (Å²) in [5.74, 6) is -1.32. The fourth-order valence-electron chi connectivity index (χ4n) is 3.57. The van der Waals surface area contributed by atoms with Gasteiger partial charge in [-0.1, -0.05) is 18.2 Å². The quantitative estimate of drug-likeness (QED) is 0.585. The van der Waals surface area contributed by atoms with E-state index < -0.39 is 11.7 Å². The Morgan fingerprint density at radius 1 is 1.22 bits per heavy atom. The molecule has 0 saturated carbocycles. The Hall–Kier alpha value is -3.59. The van der Waals surface area contributed by atoms with Crippen molar-refractivity contribution >= 4 is 17.5 Å². The van der Waals surface area contributed by atoms with Gasteiger partial charge in [0.05, 0.1) is 35.8 Å². The zero-order chi connectivity index (χ0) is 22.3. The van der Waals surface area contributed by atoms with Crippen LogP contribution in [0, 0.1) is 5.82 Å². The molecule has 1 fully saturated rings. The summed E-state index contributed by atoms with van der Waals surface area (Å²) in [6.07, 6.45) is 6.58. The third-order valence-electron chi connectivity index (χ3n) is 5.19. The van der Waals surface area contributed by atoms with Crippen LogP contribution in [-0.2, 0) is 22.6 Å². The summed E-state index contributed by atoms with van der Waals surface area (Å²) >= 11 is 0. The maximum Gasteiger partial charge on any atom is 0.258 e. The molecule has 1 aliphatic rings. The van der Waals surface area contributed by atoms with E-state index >= 15 is 0 Å². The molecule has 3 heterocycles. The van der Waals surface area contributed by atoms with Crippen LogP contribution in [0.3, 0.4) is 0 Å². The maximum atomic E-state index is 13.8. The molecule has 1 N–H and O–H groups in total. The van der Waals surface area contributed by atoms with Crippen molar-refractivity contribution in [1.82, 2.24) is 19.7 Å². The van der Waals surface area contributed by atoms with Crippen LogP contribution in [0.2, 0.25) is 0 Å². The summed E-state index contributed by atoms with van der Waals surface area (Å²) in [6.45, 7) is 1.56. The molecule has 4 rings (SSSR count). The number of nitrogens with zero attached hydrogens (tertiary/aromatic N) is 4. The predicted molar refractivity (Wildman–Crippen MR) is 115 cm³/mol. The van der Waals surface area contributed by atoms with Crippen LogP contribution in [0.5, 0.6) is 0 Å². The van der Waals surface area contributed by atoms with Crippen LogP contribution in [0.4, 0.5) is 10.1 Å². The Balaban J connectivity index is 1.41. The SMILES string of the molecule is O=C(Nc1cnn(CC(=O)N(Cc2ccccn2)C[C@H]2CCCO2)c1)c1ccccc1F. The molecular formula is C23H24FN5O3. The van der Waals surface area contributed by atoms with Gasteiger partial charge in [-0.2, -0.15) is 5.10 Å². The summed E-state index contributed by atoms with van der Waals surface area (Å²) < 4.78 is 21.0. The molecule has 1 aliphatic heterocycles. The average molecular weight is 437 g/mol. The lowest BCUT2D eigenvalue weighted by atomic mass is 10.2.